The summed E-state index contributed by atoms with van der Waals surface area (Å²) in [6.45, 7) is 1.01. The Hall–Kier alpha value is -2.13. The zero-order valence-corrected chi connectivity index (χ0v) is 12.0. The van der Waals surface area contributed by atoms with Gasteiger partial charge in [-0.3, -0.25) is 0 Å². The minimum Gasteiger partial charge on any atom is -0.342 e. The van der Waals surface area contributed by atoms with Gasteiger partial charge in [0.1, 0.15) is 5.82 Å². The summed E-state index contributed by atoms with van der Waals surface area (Å²) in [4.78, 5) is 7.99. The molecule has 0 radical (unpaired) electrons. The number of H-pyrrole nitrogens is 1. The van der Waals surface area contributed by atoms with Gasteiger partial charge in [-0.1, -0.05) is 42.5 Å². The first-order valence-electron chi connectivity index (χ1n) is 7.65. The quantitative estimate of drug-likeness (QED) is 0.749. The zero-order valence-electron chi connectivity index (χ0n) is 12.0. The lowest BCUT2D eigenvalue weighted by atomic mass is 10.0. The lowest BCUT2D eigenvalue weighted by Gasteiger charge is -2.04. The van der Waals surface area contributed by atoms with E-state index in [1.807, 2.05) is 6.20 Å². The van der Waals surface area contributed by atoms with Crippen LogP contribution in [0.15, 0.2) is 48.7 Å². The van der Waals surface area contributed by atoms with Gasteiger partial charge in [0.2, 0.25) is 0 Å². The Kier molecular flexibility index (Phi) is 3.20. The number of fused-ring (bicyclic) bond motifs is 1. The maximum Gasteiger partial charge on any atom is 0.107 e. The lowest BCUT2D eigenvalue weighted by molar-refractivity contribution is 0.669. The largest absolute Gasteiger partial charge is 0.342 e. The molecule has 21 heavy (non-hydrogen) atoms. The van der Waals surface area contributed by atoms with E-state index in [9.17, 15) is 0 Å². The standard InChI is InChI=1S/C18H19N3/c1-2-6-15-13(4-1)5-3-7-16(15)17-12-20-18(21-17)10-11-19-14-8-9-14/h1-7,12,14,19H,8-11H2,(H,20,21). The van der Waals surface area contributed by atoms with Gasteiger partial charge in [-0.15, -0.1) is 0 Å². The first-order chi connectivity index (χ1) is 10.4. The fourth-order valence-electron chi connectivity index (χ4n) is 2.77. The summed E-state index contributed by atoms with van der Waals surface area (Å²) in [5, 5.41) is 6.06. The molecule has 0 unspecified atom stereocenters. The number of hydrogen-bond acceptors (Lipinski definition) is 2. The van der Waals surface area contributed by atoms with Crippen molar-refractivity contribution in [2.45, 2.75) is 25.3 Å². The molecule has 0 aliphatic heterocycles. The van der Waals surface area contributed by atoms with E-state index in [-0.39, 0.29) is 0 Å². The van der Waals surface area contributed by atoms with E-state index in [2.05, 4.69) is 57.7 Å². The third-order valence-electron chi connectivity index (χ3n) is 4.08. The third kappa shape index (κ3) is 2.69. The summed E-state index contributed by atoms with van der Waals surface area (Å²) in [6.07, 6.45) is 5.58. The Morgan fingerprint density at radius 1 is 1.10 bits per heavy atom. The van der Waals surface area contributed by atoms with Gasteiger partial charge in [0.15, 0.2) is 0 Å². The van der Waals surface area contributed by atoms with E-state index >= 15 is 0 Å². The molecular weight excluding hydrogens is 258 g/mol. The van der Waals surface area contributed by atoms with Crippen LogP contribution >= 0.6 is 0 Å². The van der Waals surface area contributed by atoms with Gasteiger partial charge in [0.05, 0.1) is 11.9 Å². The van der Waals surface area contributed by atoms with E-state index in [4.69, 9.17) is 0 Å². The van der Waals surface area contributed by atoms with Crippen LogP contribution in [0.3, 0.4) is 0 Å². The SMILES string of the molecule is c1ccc2c(-c3cnc(CCNC4CC4)[nH]3)cccc2c1. The summed E-state index contributed by atoms with van der Waals surface area (Å²) < 4.78 is 0. The number of benzene rings is 2. The van der Waals surface area contributed by atoms with Gasteiger partial charge >= 0.3 is 0 Å². The van der Waals surface area contributed by atoms with Crippen LogP contribution in [-0.2, 0) is 6.42 Å². The lowest BCUT2D eigenvalue weighted by Crippen LogP contribution is -2.19. The molecule has 1 aliphatic carbocycles. The molecule has 0 atom stereocenters. The summed E-state index contributed by atoms with van der Waals surface area (Å²) in [6, 6.07) is 15.6. The highest BCUT2D eigenvalue weighted by molar-refractivity contribution is 5.95. The van der Waals surface area contributed by atoms with E-state index < -0.39 is 0 Å². The van der Waals surface area contributed by atoms with Crippen molar-refractivity contribution >= 4 is 10.8 Å². The average Bonchev–Trinajstić information content (AvgIpc) is 3.23. The fourth-order valence-corrected chi connectivity index (χ4v) is 2.77. The molecule has 106 valence electrons. The second kappa shape index (κ2) is 5.34. The van der Waals surface area contributed by atoms with Crippen LogP contribution in [0.25, 0.3) is 22.0 Å². The molecule has 4 rings (SSSR count). The van der Waals surface area contributed by atoms with Gasteiger partial charge in [0, 0.05) is 24.6 Å². The van der Waals surface area contributed by atoms with E-state index in [1.54, 1.807) is 0 Å². The van der Waals surface area contributed by atoms with Crippen molar-refractivity contribution in [2.75, 3.05) is 6.54 Å². The van der Waals surface area contributed by atoms with E-state index in [1.165, 1.54) is 29.2 Å². The van der Waals surface area contributed by atoms with Gasteiger partial charge in [-0.05, 0) is 23.6 Å². The smallest absolute Gasteiger partial charge is 0.107 e. The topological polar surface area (TPSA) is 40.7 Å². The highest BCUT2D eigenvalue weighted by Gasteiger charge is 2.19. The first kappa shape index (κ1) is 12.6. The molecule has 1 heterocycles. The molecule has 3 heteroatoms. The summed E-state index contributed by atoms with van der Waals surface area (Å²) in [5.74, 6) is 1.06. The van der Waals surface area contributed by atoms with Crippen molar-refractivity contribution in [1.29, 1.82) is 0 Å². The van der Waals surface area contributed by atoms with Crippen molar-refractivity contribution in [2.24, 2.45) is 0 Å². The first-order valence-corrected chi connectivity index (χ1v) is 7.65. The predicted octanol–water partition coefficient (Wildman–Crippen LogP) is 3.52. The molecule has 1 aliphatic rings. The number of aromatic nitrogens is 2. The van der Waals surface area contributed by atoms with Crippen LogP contribution in [0.1, 0.15) is 18.7 Å². The zero-order chi connectivity index (χ0) is 14.1. The van der Waals surface area contributed by atoms with Crippen molar-refractivity contribution < 1.29 is 0 Å². The molecule has 2 aromatic carbocycles. The predicted molar refractivity (Wildman–Crippen MR) is 86.3 cm³/mol. The second-order valence-electron chi connectivity index (χ2n) is 5.75. The van der Waals surface area contributed by atoms with Crippen LogP contribution in [0.4, 0.5) is 0 Å². The van der Waals surface area contributed by atoms with Crippen molar-refractivity contribution in [3.63, 3.8) is 0 Å². The van der Waals surface area contributed by atoms with Crippen LogP contribution in [0.2, 0.25) is 0 Å². The molecule has 3 aromatic rings. The van der Waals surface area contributed by atoms with Crippen LogP contribution in [-0.4, -0.2) is 22.6 Å². The molecule has 1 fully saturated rings. The maximum atomic E-state index is 4.52. The molecule has 2 N–H and O–H groups in total. The molecule has 3 nitrogen and oxygen atoms in total. The van der Waals surface area contributed by atoms with Crippen molar-refractivity contribution in [1.82, 2.24) is 15.3 Å². The van der Waals surface area contributed by atoms with Crippen LogP contribution < -0.4 is 5.32 Å². The number of nitrogens with one attached hydrogen (secondary N) is 2. The Morgan fingerprint density at radius 2 is 1.95 bits per heavy atom. The summed E-state index contributed by atoms with van der Waals surface area (Å²) in [7, 11) is 0. The molecule has 0 spiro atoms. The molecule has 0 bridgehead atoms. The molecule has 1 saturated carbocycles. The van der Waals surface area contributed by atoms with Gasteiger partial charge in [-0.25, -0.2) is 4.98 Å². The summed E-state index contributed by atoms with van der Waals surface area (Å²) >= 11 is 0. The monoisotopic (exact) mass is 277 g/mol. The second-order valence-corrected chi connectivity index (χ2v) is 5.75. The van der Waals surface area contributed by atoms with Gasteiger partial charge < -0.3 is 10.3 Å². The fraction of sp³-hybridized carbons (Fsp3) is 0.278. The maximum absolute atomic E-state index is 4.52. The minimum absolute atomic E-state index is 0.762. The van der Waals surface area contributed by atoms with Crippen molar-refractivity contribution in [3.05, 3.63) is 54.5 Å². The highest BCUT2D eigenvalue weighted by Crippen LogP contribution is 2.27. The molecule has 1 aromatic heterocycles. The van der Waals surface area contributed by atoms with Crippen LogP contribution in [0, 0.1) is 0 Å². The number of nitrogens with zero attached hydrogens (tertiary/aromatic N) is 1. The van der Waals surface area contributed by atoms with E-state index in [0.29, 0.717) is 0 Å². The highest BCUT2D eigenvalue weighted by atomic mass is 15.0. The van der Waals surface area contributed by atoms with Gasteiger partial charge in [-0.2, -0.15) is 0 Å². The summed E-state index contributed by atoms with van der Waals surface area (Å²) in [5.41, 5.74) is 2.33. The normalized spacial score (nSPS) is 14.7. The van der Waals surface area contributed by atoms with Crippen molar-refractivity contribution in [3.8, 4) is 11.3 Å². The number of aromatic amines is 1. The Morgan fingerprint density at radius 3 is 2.86 bits per heavy atom. The Balaban J connectivity index is 1.58. The molecule has 0 amide bonds. The van der Waals surface area contributed by atoms with Crippen LogP contribution in [0.5, 0.6) is 0 Å². The third-order valence-corrected chi connectivity index (χ3v) is 4.08. The average molecular weight is 277 g/mol. The Labute approximate surface area is 124 Å². The number of imidazole rings is 1. The number of hydrogen-bond donors (Lipinski definition) is 2. The van der Waals surface area contributed by atoms with Gasteiger partial charge in [0.25, 0.3) is 0 Å². The Bertz CT molecular complexity index is 751. The minimum atomic E-state index is 0.762. The van der Waals surface area contributed by atoms with E-state index in [0.717, 1.165) is 30.5 Å². The molecule has 0 saturated heterocycles. The number of rotatable bonds is 5. The molecular formula is C18H19N3.